The molecule has 0 saturated heterocycles. The summed E-state index contributed by atoms with van der Waals surface area (Å²) in [5.74, 6) is -1.13. The second-order valence-corrected chi connectivity index (χ2v) is 5.22. The normalized spacial score (nSPS) is 22.9. The van der Waals surface area contributed by atoms with Gasteiger partial charge in [-0.2, -0.15) is 0 Å². The van der Waals surface area contributed by atoms with Gasteiger partial charge in [0.15, 0.2) is 0 Å². The minimum Gasteiger partial charge on any atom is -0.281 e. The van der Waals surface area contributed by atoms with Crippen LogP contribution < -0.4 is 0 Å². The second kappa shape index (κ2) is 4.56. The van der Waals surface area contributed by atoms with E-state index in [2.05, 4.69) is 0 Å². The van der Waals surface area contributed by atoms with Gasteiger partial charge in [-0.1, -0.05) is 11.6 Å². The largest absolute Gasteiger partial charge is 0.281 e. The number of likely N-dealkylation sites (N-methyl/N-ethyl adjacent to an activating group) is 1. The standard InChI is InChI=1S/C13H12ClF2NO2/c1-13(6-10(15)16)9-5-7(14)3-4-8(9)11(18)17(2)12(13)19/h3-5,10H,6H2,1-2H3. The van der Waals surface area contributed by atoms with Crippen molar-refractivity contribution in [2.75, 3.05) is 7.05 Å². The number of nitrogens with zero attached hydrogens (tertiary/aromatic N) is 1. The molecule has 2 amide bonds. The molecule has 1 heterocycles. The highest BCUT2D eigenvalue weighted by Crippen LogP contribution is 2.39. The number of benzene rings is 1. The van der Waals surface area contributed by atoms with Crippen molar-refractivity contribution in [1.29, 1.82) is 0 Å². The summed E-state index contributed by atoms with van der Waals surface area (Å²) < 4.78 is 25.5. The number of carbonyl (C=O) groups is 2. The van der Waals surface area contributed by atoms with Gasteiger partial charge < -0.3 is 0 Å². The number of amides is 2. The smallest absolute Gasteiger partial charge is 0.260 e. The summed E-state index contributed by atoms with van der Waals surface area (Å²) in [6.45, 7) is 1.42. The lowest BCUT2D eigenvalue weighted by atomic mass is 9.73. The van der Waals surface area contributed by atoms with E-state index in [-0.39, 0.29) is 11.1 Å². The zero-order chi connectivity index (χ0) is 14.4. The molecule has 102 valence electrons. The molecule has 1 atom stereocenters. The summed E-state index contributed by atoms with van der Waals surface area (Å²) in [7, 11) is 1.30. The van der Waals surface area contributed by atoms with Crippen LogP contribution in [0.2, 0.25) is 5.02 Å². The van der Waals surface area contributed by atoms with Crippen molar-refractivity contribution in [3.63, 3.8) is 0 Å². The Hall–Kier alpha value is -1.49. The van der Waals surface area contributed by atoms with Crippen molar-refractivity contribution in [3.05, 3.63) is 34.3 Å². The SMILES string of the molecule is CN1C(=O)c2ccc(Cl)cc2C(C)(CC(F)F)C1=O. The summed E-state index contributed by atoms with van der Waals surface area (Å²) >= 11 is 5.85. The molecule has 0 spiro atoms. The predicted octanol–water partition coefficient (Wildman–Crippen LogP) is 2.87. The van der Waals surface area contributed by atoms with Gasteiger partial charge in [0.05, 0.1) is 5.41 Å². The topological polar surface area (TPSA) is 37.4 Å². The zero-order valence-corrected chi connectivity index (χ0v) is 11.2. The summed E-state index contributed by atoms with van der Waals surface area (Å²) in [5.41, 5.74) is -0.917. The molecular weight excluding hydrogens is 276 g/mol. The average Bonchev–Trinajstić information content (AvgIpc) is 2.33. The van der Waals surface area contributed by atoms with Crippen LogP contribution >= 0.6 is 11.6 Å². The molecule has 0 radical (unpaired) electrons. The van der Waals surface area contributed by atoms with Crippen LogP contribution in [0.15, 0.2) is 18.2 Å². The van der Waals surface area contributed by atoms with Crippen LogP contribution in [0.1, 0.15) is 29.3 Å². The van der Waals surface area contributed by atoms with Crippen molar-refractivity contribution >= 4 is 23.4 Å². The molecule has 6 heteroatoms. The van der Waals surface area contributed by atoms with Gasteiger partial charge in [0.2, 0.25) is 12.3 Å². The number of carbonyl (C=O) groups excluding carboxylic acids is 2. The van der Waals surface area contributed by atoms with Crippen LogP contribution in [0.25, 0.3) is 0 Å². The Morgan fingerprint density at radius 3 is 2.58 bits per heavy atom. The van der Waals surface area contributed by atoms with Gasteiger partial charge in [-0.15, -0.1) is 0 Å². The molecule has 1 unspecified atom stereocenters. The fourth-order valence-electron chi connectivity index (χ4n) is 2.42. The molecule has 2 rings (SSSR count). The van der Waals surface area contributed by atoms with E-state index in [1.165, 1.54) is 32.2 Å². The predicted molar refractivity (Wildman–Crippen MR) is 66.5 cm³/mol. The van der Waals surface area contributed by atoms with E-state index in [0.29, 0.717) is 5.02 Å². The van der Waals surface area contributed by atoms with Gasteiger partial charge in [-0.05, 0) is 30.7 Å². The Morgan fingerprint density at radius 1 is 1.37 bits per heavy atom. The fourth-order valence-corrected chi connectivity index (χ4v) is 2.60. The number of rotatable bonds is 2. The molecular formula is C13H12ClF2NO2. The average molecular weight is 288 g/mol. The molecule has 19 heavy (non-hydrogen) atoms. The molecule has 0 bridgehead atoms. The lowest BCUT2D eigenvalue weighted by Crippen LogP contribution is -2.52. The Morgan fingerprint density at radius 2 is 2.00 bits per heavy atom. The van der Waals surface area contributed by atoms with Crippen molar-refractivity contribution < 1.29 is 18.4 Å². The first-order valence-corrected chi connectivity index (χ1v) is 6.06. The number of fused-ring (bicyclic) bond motifs is 1. The molecule has 1 aromatic rings. The van der Waals surface area contributed by atoms with Crippen LogP contribution in [-0.2, 0) is 10.2 Å². The third-order valence-electron chi connectivity index (χ3n) is 3.45. The quantitative estimate of drug-likeness (QED) is 0.785. The highest BCUT2D eigenvalue weighted by atomic mass is 35.5. The van der Waals surface area contributed by atoms with E-state index in [1.807, 2.05) is 0 Å². The van der Waals surface area contributed by atoms with E-state index >= 15 is 0 Å². The van der Waals surface area contributed by atoms with Crippen molar-refractivity contribution in [2.45, 2.75) is 25.2 Å². The van der Waals surface area contributed by atoms with Gasteiger partial charge in [0.1, 0.15) is 0 Å². The van der Waals surface area contributed by atoms with Crippen LogP contribution in [0.5, 0.6) is 0 Å². The first kappa shape index (κ1) is 13.9. The van der Waals surface area contributed by atoms with Crippen LogP contribution in [0, 0.1) is 0 Å². The van der Waals surface area contributed by atoms with Crippen molar-refractivity contribution in [1.82, 2.24) is 4.90 Å². The van der Waals surface area contributed by atoms with E-state index in [9.17, 15) is 18.4 Å². The zero-order valence-electron chi connectivity index (χ0n) is 10.4. The Labute approximate surface area is 114 Å². The van der Waals surface area contributed by atoms with Gasteiger partial charge in [-0.3, -0.25) is 14.5 Å². The number of alkyl halides is 2. The molecule has 0 fully saturated rings. The molecule has 0 aliphatic carbocycles. The third kappa shape index (κ3) is 2.12. The summed E-state index contributed by atoms with van der Waals surface area (Å²) in [6, 6.07) is 4.39. The lowest BCUT2D eigenvalue weighted by Gasteiger charge is -2.38. The minimum absolute atomic E-state index is 0.245. The van der Waals surface area contributed by atoms with Crippen molar-refractivity contribution in [3.8, 4) is 0 Å². The maximum absolute atomic E-state index is 12.8. The molecule has 1 aliphatic rings. The van der Waals surface area contributed by atoms with E-state index in [1.54, 1.807) is 0 Å². The monoisotopic (exact) mass is 287 g/mol. The van der Waals surface area contributed by atoms with Crippen LogP contribution in [0.3, 0.4) is 0 Å². The summed E-state index contributed by atoms with van der Waals surface area (Å²) in [4.78, 5) is 25.1. The highest BCUT2D eigenvalue weighted by Gasteiger charge is 2.47. The van der Waals surface area contributed by atoms with Crippen molar-refractivity contribution in [2.24, 2.45) is 0 Å². The van der Waals surface area contributed by atoms with Gasteiger partial charge >= 0.3 is 0 Å². The summed E-state index contributed by atoms with van der Waals surface area (Å²) in [5, 5.41) is 0.310. The molecule has 0 aromatic heterocycles. The number of halogens is 3. The highest BCUT2D eigenvalue weighted by molar-refractivity contribution is 6.31. The fraction of sp³-hybridized carbons (Fsp3) is 0.385. The molecule has 1 aliphatic heterocycles. The molecule has 1 aromatic carbocycles. The van der Waals surface area contributed by atoms with Crippen LogP contribution in [-0.4, -0.2) is 30.2 Å². The Kier molecular flexibility index (Phi) is 3.34. The van der Waals surface area contributed by atoms with Gasteiger partial charge in [-0.25, -0.2) is 8.78 Å². The van der Waals surface area contributed by atoms with Crippen LogP contribution in [0.4, 0.5) is 8.78 Å². The second-order valence-electron chi connectivity index (χ2n) is 4.79. The minimum atomic E-state index is -2.65. The maximum Gasteiger partial charge on any atom is 0.260 e. The number of hydrogen-bond acceptors (Lipinski definition) is 2. The van der Waals surface area contributed by atoms with E-state index in [0.717, 1.165) is 4.90 Å². The van der Waals surface area contributed by atoms with Gasteiger partial charge in [0.25, 0.3) is 5.91 Å². The number of imide groups is 1. The third-order valence-corrected chi connectivity index (χ3v) is 3.69. The maximum atomic E-state index is 12.8. The van der Waals surface area contributed by atoms with Gasteiger partial charge in [0, 0.05) is 24.1 Å². The summed E-state index contributed by atoms with van der Waals surface area (Å²) in [6.07, 6.45) is -3.29. The Bertz CT molecular complexity index is 562. The Balaban J connectivity index is 2.67. The molecule has 3 nitrogen and oxygen atoms in total. The number of hydrogen-bond donors (Lipinski definition) is 0. The first-order valence-electron chi connectivity index (χ1n) is 5.68. The van der Waals surface area contributed by atoms with E-state index in [4.69, 9.17) is 11.6 Å². The van der Waals surface area contributed by atoms with E-state index < -0.39 is 30.1 Å². The lowest BCUT2D eigenvalue weighted by molar-refractivity contribution is -0.135. The molecule has 0 N–H and O–H groups in total. The molecule has 0 saturated carbocycles. The first-order chi connectivity index (χ1) is 8.77.